The molecule has 2 heterocycles. The van der Waals surface area contributed by atoms with Crippen LogP contribution in [0.3, 0.4) is 0 Å². The number of pyridine rings is 1. The van der Waals surface area contributed by atoms with Gasteiger partial charge in [-0.3, -0.25) is 4.79 Å². The molecular formula is C12H13F3N2O2. The maximum absolute atomic E-state index is 12.5. The predicted molar refractivity (Wildman–Crippen MR) is 60.0 cm³/mol. The molecule has 1 aromatic heterocycles. The first-order chi connectivity index (χ1) is 8.79. The molecule has 2 rings (SSSR count). The van der Waals surface area contributed by atoms with Crippen LogP contribution in [0.5, 0.6) is 0 Å². The number of aromatic nitrogens is 1. The fourth-order valence-corrected chi connectivity index (χ4v) is 1.71. The molecule has 104 valence electrons. The molecule has 2 atom stereocenters. The number of likely N-dealkylation sites (N-methyl/N-ethyl adjacent to an activating group) is 1. The molecule has 1 aromatic rings. The first-order valence-electron chi connectivity index (χ1n) is 5.72. The van der Waals surface area contributed by atoms with E-state index in [4.69, 9.17) is 4.74 Å². The molecule has 0 radical (unpaired) electrons. The Morgan fingerprint density at radius 1 is 1.47 bits per heavy atom. The smallest absolute Gasteiger partial charge is 0.359 e. The Hall–Kier alpha value is -1.63. The van der Waals surface area contributed by atoms with Crippen molar-refractivity contribution in [3.63, 3.8) is 0 Å². The molecular weight excluding hydrogens is 261 g/mol. The Labute approximate surface area is 108 Å². The van der Waals surface area contributed by atoms with Gasteiger partial charge in [0.2, 0.25) is 0 Å². The number of epoxide rings is 1. The van der Waals surface area contributed by atoms with Crippen LogP contribution in [0, 0.1) is 0 Å². The second kappa shape index (κ2) is 4.80. The quantitative estimate of drug-likeness (QED) is 0.790. The average molecular weight is 274 g/mol. The highest BCUT2D eigenvalue weighted by Crippen LogP contribution is 2.28. The number of halogens is 3. The highest BCUT2D eigenvalue weighted by molar-refractivity contribution is 5.83. The molecule has 1 fully saturated rings. The molecule has 1 amide bonds. The molecule has 0 N–H and O–H groups in total. The van der Waals surface area contributed by atoms with Gasteiger partial charge in [-0.1, -0.05) is 6.07 Å². The number of amides is 1. The summed E-state index contributed by atoms with van der Waals surface area (Å²) in [4.78, 5) is 16.6. The minimum Gasteiger partial charge on any atom is -0.359 e. The number of ether oxygens (including phenoxy) is 1. The van der Waals surface area contributed by atoms with Crippen molar-refractivity contribution in [3.8, 4) is 0 Å². The van der Waals surface area contributed by atoms with Crippen LogP contribution in [-0.2, 0) is 22.3 Å². The van der Waals surface area contributed by atoms with Gasteiger partial charge in [0.15, 0.2) is 6.10 Å². The third-order valence-electron chi connectivity index (χ3n) is 2.83. The largest absolute Gasteiger partial charge is 0.433 e. The molecule has 0 spiro atoms. The maximum Gasteiger partial charge on any atom is 0.433 e. The average Bonchev–Trinajstić information content (AvgIpc) is 3.04. The van der Waals surface area contributed by atoms with E-state index in [1.807, 2.05) is 0 Å². The molecule has 0 unspecified atom stereocenters. The number of nitrogens with zero attached hydrogens (tertiary/aromatic N) is 2. The lowest BCUT2D eigenvalue weighted by Crippen LogP contribution is -2.31. The second-order valence-corrected chi connectivity index (χ2v) is 4.47. The third-order valence-corrected chi connectivity index (χ3v) is 2.83. The molecule has 19 heavy (non-hydrogen) atoms. The number of carbonyl (C=O) groups excluding carboxylic acids is 1. The van der Waals surface area contributed by atoms with Gasteiger partial charge in [0.25, 0.3) is 5.91 Å². The summed E-state index contributed by atoms with van der Waals surface area (Å²) in [5.74, 6) is -0.244. The van der Waals surface area contributed by atoms with E-state index in [1.54, 1.807) is 6.92 Å². The number of alkyl halides is 3. The van der Waals surface area contributed by atoms with Gasteiger partial charge in [-0.05, 0) is 19.1 Å². The molecule has 1 saturated heterocycles. The van der Waals surface area contributed by atoms with Crippen LogP contribution in [0.25, 0.3) is 0 Å². The summed E-state index contributed by atoms with van der Waals surface area (Å²) < 4.78 is 42.5. The van der Waals surface area contributed by atoms with Crippen LogP contribution in [0.4, 0.5) is 13.2 Å². The van der Waals surface area contributed by atoms with Gasteiger partial charge >= 0.3 is 6.18 Å². The van der Waals surface area contributed by atoms with Crippen molar-refractivity contribution in [3.05, 3.63) is 29.6 Å². The second-order valence-electron chi connectivity index (χ2n) is 4.47. The number of rotatable bonds is 3. The van der Waals surface area contributed by atoms with E-state index in [2.05, 4.69) is 4.98 Å². The van der Waals surface area contributed by atoms with Crippen LogP contribution in [-0.4, -0.2) is 35.0 Å². The van der Waals surface area contributed by atoms with Crippen molar-refractivity contribution in [2.75, 3.05) is 7.05 Å². The number of hydrogen-bond acceptors (Lipinski definition) is 3. The van der Waals surface area contributed by atoms with Crippen molar-refractivity contribution < 1.29 is 22.7 Å². The summed E-state index contributed by atoms with van der Waals surface area (Å²) in [6, 6.07) is 3.63. The zero-order chi connectivity index (χ0) is 14.2. The van der Waals surface area contributed by atoms with Crippen LogP contribution in [0.15, 0.2) is 18.2 Å². The van der Waals surface area contributed by atoms with Gasteiger partial charge in [0, 0.05) is 7.05 Å². The molecule has 0 aliphatic carbocycles. The van der Waals surface area contributed by atoms with Crippen LogP contribution >= 0.6 is 0 Å². The van der Waals surface area contributed by atoms with Gasteiger partial charge in [-0.15, -0.1) is 0 Å². The molecule has 7 heteroatoms. The Morgan fingerprint density at radius 2 is 2.11 bits per heavy atom. The van der Waals surface area contributed by atoms with Gasteiger partial charge in [-0.25, -0.2) is 4.98 Å². The van der Waals surface area contributed by atoms with Gasteiger partial charge in [0.1, 0.15) is 5.69 Å². The van der Waals surface area contributed by atoms with E-state index < -0.39 is 18.0 Å². The summed E-state index contributed by atoms with van der Waals surface area (Å²) in [5, 5.41) is 0. The van der Waals surface area contributed by atoms with Crippen molar-refractivity contribution in [2.24, 2.45) is 0 Å². The third kappa shape index (κ3) is 3.23. The minimum absolute atomic E-state index is 0.0231. The van der Waals surface area contributed by atoms with Gasteiger partial charge in [0.05, 0.1) is 18.3 Å². The van der Waals surface area contributed by atoms with E-state index in [0.29, 0.717) is 0 Å². The van der Waals surface area contributed by atoms with E-state index >= 15 is 0 Å². The Balaban J connectivity index is 2.05. The minimum atomic E-state index is -4.48. The number of carbonyl (C=O) groups is 1. The molecule has 0 aromatic carbocycles. The van der Waals surface area contributed by atoms with E-state index in [-0.39, 0.29) is 24.2 Å². The molecule has 0 saturated carbocycles. The van der Waals surface area contributed by atoms with Crippen molar-refractivity contribution in [1.29, 1.82) is 0 Å². The highest BCUT2D eigenvalue weighted by atomic mass is 19.4. The molecule has 4 nitrogen and oxygen atoms in total. The Bertz CT molecular complexity index is 490. The normalized spacial score (nSPS) is 22.2. The SMILES string of the molecule is C[C@@H]1O[C@H]1C(=O)N(C)Cc1cccc(C(F)(F)F)n1. The standard InChI is InChI=1S/C12H13F3N2O2/c1-7-10(19-7)11(18)17(2)6-8-4-3-5-9(16-8)12(13,14)15/h3-5,7,10H,6H2,1-2H3/t7-,10+/m0/s1. The van der Waals surface area contributed by atoms with Gasteiger partial charge < -0.3 is 9.64 Å². The van der Waals surface area contributed by atoms with E-state index in [1.165, 1.54) is 24.1 Å². The van der Waals surface area contributed by atoms with Crippen molar-refractivity contribution in [2.45, 2.75) is 31.9 Å². The van der Waals surface area contributed by atoms with Crippen LogP contribution in [0.1, 0.15) is 18.3 Å². The zero-order valence-electron chi connectivity index (χ0n) is 10.4. The lowest BCUT2D eigenvalue weighted by Gasteiger charge is -2.16. The van der Waals surface area contributed by atoms with E-state index in [9.17, 15) is 18.0 Å². The topological polar surface area (TPSA) is 45.7 Å². The van der Waals surface area contributed by atoms with Crippen molar-refractivity contribution in [1.82, 2.24) is 9.88 Å². The first kappa shape index (κ1) is 13.8. The Morgan fingerprint density at radius 3 is 2.63 bits per heavy atom. The molecule has 0 bridgehead atoms. The fraction of sp³-hybridized carbons (Fsp3) is 0.500. The summed E-state index contributed by atoms with van der Waals surface area (Å²) in [6.07, 6.45) is -5.08. The highest BCUT2D eigenvalue weighted by Gasteiger charge is 2.42. The Kier molecular flexibility index (Phi) is 3.49. The summed E-state index contributed by atoms with van der Waals surface area (Å²) in [7, 11) is 1.51. The summed E-state index contributed by atoms with van der Waals surface area (Å²) in [5.41, 5.74) is -0.763. The number of hydrogen-bond donors (Lipinski definition) is 0. The first-order valence-corrected chi connectivity index (χ1v) is 5.72. The summed E-state index contributed by atoms with van der Waals surface area (Å²) >= 11 is 0. The molecule has 1 aliphatic rings. The van der Waals surface area contributed by atoms with Crippen molar-refractivity contribution >= 4 is 5.91 Å². The lowest BCUT2D eigenvalue weighted by atomic mass is 10.2. The summed E-state index contributed by atoms with van der Waals surface area (Å²) in [6.45, 7) is 1.79. The predicted octanol–water partition coefficient (Wildman–Crippen LogP) is 1.85. The van der Waals surface area contributed by atoms with Gasteiger partial charge in [-0.2, -0.15) is 13.2 Å². The van der Waals surface area contributed by atoms with Crippen LogP contribution < -0.4 is 0 Å². The molecule has 1 aliphatic heterocycles. The lowest BCUT2D eigenvalue weighted by molar-refractivity contribution is -0.141. The van der Waals surface area contributed by atoms with E-state index in [0.717, 1.165) is 6.07 Å². The zero-order valence-corrected chi connectivity index (χ0v) is 10.4. The monoisotopic (exact) mass is 274 g/mol. The maximum atomic E-state index is 12.5. The fourth-order valence-electron chi connectivity index (χ4n) is 1.71. The van der Waals surface area contributed by atoms with Crippen LogP contribution in [0.2, 0.25) is 0 Å².